The standard InChI is InChI=1S/C10H14N2O2/c1-6-3-4-8(11)9(5-6)12-7(2)10(13)14/h3-5,7,12H,11H2,1-2H3,(H,13,14). The fourth-order valence-electron chi connectivity index (χ4n) is 1.09. The average molecular weight is 194 g/mol. The number of rotatable bonds is 3. The van der Waals surface area contributed by atoms with Crippen molar-refractivity contribution in [3.63, 3.8) is 0 Å². The highest BCUT2D eigenvalue weighted by Crippen LogP contribution is 2.20. The summed E-state index contributed by atoms with van der Waals surface area (Å²) < 4.78 is 0. The molecule has 1 aromatic rings. The predicted molar refractivity (Wildman–Crippen MR) is 56.3 cm³/mol. The van der Waals surface area contributed by atoms with Crippen LogP contribution in [0.1, 0.15) is 12.5 Å². The second-order valence-corrected chi connectivity index (χ2v) is 3.29. The highest BCUT2D eigenvalue weighted by molar-refractivity contribution is 5.79. The Hall–Kier alpha value is -1.71. The summed E-state index contributed by atoms with van der Waals surface area (Å²) in [6.45, 7) is 3.50. The van der Waals surface area contributed by atoms with E-state index in [1.54, 1.807) is 13.0 Å². The van der Waals surface area contributed by atoms with E-state index in [-0.39, 0.29) is 0 Å². The zero-order chi connectivity index (χ0) is 10.7. The molecule has 4 N–H and O–H groups in total. The number of carboxylic acids is 1. The topological polar surface area (TPSA) is 75.3 Å². The lowest BCUT2D eigenvalue weighted by atomic mass is 10.2. The van der Waals surface area contributed by atoms with Crippen molar-refractivity contribution < 1.29 is 9.90 Å². The van der Waals surface area contributed by atoms with Gasteiger partial charge in [-0.15, -0.1) is 0 Å². The molecule has 4 nitrogen and oxygen atoms in total. The van der Waals surface area contributed by atoms with Gasteiger partial charge in [-0.2, -0.15) is 0 Å². The minimum Gasteiger partial charge on any atom is -0.480 e. The first-order valence-electron chi connectivity index (χ1n) is 4.36. The first-order chi connectivity index (χ1) is 6.50. The highest BCUT2D eigenvalue weighted by atomic mass is 16.4. The fourth-order valence-corrected chi connectivity index (χ4v) is 1.09. The second kappa shape index (κ2) is 4.00. The van der Waals surface area contributed by atoms with Crippen LogP contribution >= 0.6 is 0 Å². The van der Waals surface area contributed by atoms with E-state index in [4.69, 9.17) is 10.8 Å². The molecule has 76 valence electrons. The van der Waals surface area contributed by atoms with E-state index in [1.165, 1.54) is 0 Å². The summed E-state index contributed by atoms with van der Waals surface area (Å²) >= 11 is 0. The average Bonchev–Trinajstić information content (AvgIpc) is 2.11. The van der Waals surface area contributed by atoms with Crippen LogP contribution in [-0.4, -0.2) is 17.1 Å². The maximum Gasteiger partial charge on any atom is 0.325 e. The van der Waals surface area contributed by atoms with Gasteiger partial charge >= 0.3 is 5.97 Å². The number of benzene rings is 1. The smallest absolute Gasteiger partial charge is 0.325 e. The molecule has 0 aliphatic heterocycles. The van der Waals surface area contributed by atoms with Crippen molar-refractivity contribution in [2.75, 3.05) is 11.1 Å². The van der Waals surface area contributed by atoms with E-state index in [1.807, 2.05) is 19.1 Å². The van der Waals surface area contributed by atoms with Gasteiger partial charge in [0.15, 0.2) is 0 Å². The van der Waals surface area contributed by atoms with E-state index in [0.717, 1.165) is 5.56 Å². The summed E-state index contributed by atoms with van der Waals surface area (Å²) in [5.74, 6) is -0.897. The molecule has 0 heterocycles. The summed E-state index contributed by atoms with van der Waals surface area (Å²) in [5, 5.41) is 11.5. The Bertz CT molecular complexity index is 350. The van der Waals surface area contributed by atoms with E-state index < -0.39 is 12.0 Å². The van der Waals surface area contributed by atoms with Crippen LogP contribution in [0.2, 0.25) is 0 Å². The van der Waals surface area contributed by atoms with Gasteiger partial charge in [-0.25, -0.2) is 0 Å². The summed E-state index contributed by atoms with van der Waals surface area (Å²) in [4.78, 5) is 10.6. The maximum absolute atomic E-state index is 10.6. The van der Waals surface area contributed by atoms with Crippen LogP contribution in [0.15, 0.2) is 18.2 Å². The molecule has 0 aromatic heterocycles. The van der Waals surface area contributed by atoms with Gasteiger partial charge in [0.1, 0.15) is 6.04 Å². The summed E-state index contributed by atoms with van der Waals surface area (Å²) in [6.07, 6.45) is 0. The Balaban J connectivity index is 2.85. The summed E-state index contributed by atoms with van der Waals surface area (Å²) in [7, 11) is 0. The van der Waals surface area contributed by atoms with Crippen LogP contribution < -0.4 is 11.1 Å². The number of nitrogens with two attached hydrogens (primary N) is 1. The molecule has 0 saturated carbocycles. The number of carbonyl (C=O) groups is 1. The molecular formula is C10H14N2O2. The predicted octanol–water partition coefficient (Wildman–Crippen LogP) is 1.46. The lowest BCUT2D eigenvalue weighted by Crippen LogP contribution is -2.25. The van der Waals surface area contributed by atoms with Crippen molar-refractivity contribution in [3.8, 4) is 0 Å². The number of carboxylic acid groups (broad SMARTS) is 1. The SMILES string of the molecule is Cc1ccc(N)c(NC(C)C(=O)O)c1. The van der Waals surface area contributed by atoms with E-state index >= 15 is 0 Å². The number of anilines is 2. The molecule has 4 heteroatoms. The van der Waals surface area contributed by atoms with Crippen molar-refractivity contribution >= 4 is 17.3 Å². The Morgan fingerprint density at radius 2 is 2.21 bits per heavy atom. The fraction of sp³-hybridized carbons (Fsp3) is 0.300. The molecule has 1 unspecified atom stereocenters. The van der Waals surface area contributed by atoms with Crippen LogP contribution in [0.25, 0.3) is 0 Å². The van der Waals surface area contributed by atoms with Crippen LogP contribution in [0.5, 0.6) is 0 Å². The molecular weight excluding hydrogens is 180 g/mol. The Labute approximate surface area is 82.7 Å². The number of nitrogens with one attached hydrogen (secondary N) is 1. The number of aryl methyl sites for hydroxylation is 1. The molecule has 1 rings (SSSR count). The van der Waals surface area contributed by atoms with Gasteiger partial charge in [-0.1, -0.05) is 6.07 Å². The molecule has 0 spiro atoms. The van der Waals surface area contributed by atoms with Crippen molar-refractivity contribution in [1.29, 1.82) is 0 Å². The zero-order valence-corrected chi connectivity index (χ0v) is 8.24. The van der Waals surface area contributed by atoms with Crippen molar-refractivity contribution in [2.24, 2.45) is 0 Å². The summed E-state index contributed by atoms with van der Waals surface area (Å²) in [5.41, 5.74) is 7.95. The Morgan fingerprint density at radius 1 is 1.57 bits per heavy atom. The van der Waals surface area contributed by atoms with Crippen molar-refractivity contribution in [2.45, 2.75) is 19.9 Å². The molecule has 0 bridgehead atoms. The number of aliphatic carboxylic acids is 1. The van der Waals surface area contributed by atoms with Gasteiger partial charge in [0.2, 0.25) is 0 Å². The van der Waals surface area contributed by atoms with E-state index in [0.29, 0.717) is 11.4 Å². The monoisotopic (exact) mass is 194 g/mol. The molecule has 0 aliphatic carbocycles. The number of hydrogen-bond donors (Lipinski definition) is 3. The minimum atomic E-state index is -0.897. The third-order valence-corrected chi connectivity index (χ3v) is 1.95. The highest BCUT2D eigenvalue weighted by Gasteiger charge is 2.11. The molecule has 14 heavy (non-hydrogen) atoms. The lowest BCUT2D eigenvalue weighted by molar-refractivity contribution is -0.137. The van der Waals surface area contributed by atoms with Gasteiger partial charge in [0.05, 0.1) is 11.4 Å². The third-order valence-electron chi connectivity index (χ3n) is 1.95. The Morgan fingerprint density at radius 3 is 2.79 bits per heavy atom. The van der Waals surface area contributed by atoms with Crippen LogP contribution in [-0.2, 0) is 4.79 Å². The van der Waals surface area contributed by atoms with Crippen molar-refractivity contribution in [1.82, 2.24) is 0 Å². The molecule has 0 aliphatic rings. The molecule has 0 saturated heterocycles. The van der Waals surface area contributed by atoms with Crippen LogP contribution in [0, 0.1) is 6.92 Å². The van der Waals surface area contributed by atoms with Gasteiger partial charge in [0.25, 0.3) is 0 Å². The quantitative estimate of drug-likeness (QED) is 0.637. The van der Waals surface area contributed by atoms with E-state index in [2.05, 4.69) is 5.32 Å². The van der Waals surface area contributed by atoms with E-state index in [9.17, 15) is 4.79 Å². The third kappa shape index (κ3) is 2.39. The first-order valence-corrected chi connectivity index (χ1v) is 4.36. The van der Waals surface area contributed by atoms with Crippen LogP contribution in [0.4, 0.5) is 11.4 Å². The lowest BCUT2D eigenvalue weighted by Gasteiger charge is -2.13. The number of hydrogen-bond acceptors (Lipinski definition) is 3. The van der Waals surface area contributed by atoms with Gasteiger partial charge in [0, 0.05) is 0 Å². The molecule has 0 fully saturated rings. The van der Waals surface area contributed by atoms with Gasteiger partial charge in [-0.3, -0.25) is 4.79 Å². The number of nitrogen functional groups attached to an aromatic ring is 1. The minimum absolute atomic E-state index is 0.559. The zero-order valence-electron chi connectivity index (χ0n) is 8.24. The summed E-state index contributed by atoms with van der Waals surface area (Å²) in [6, 6.07) is 4.83. The maximum atomic E-state index is 10.6. The molecule has 0 amide bonds. The Kier molecular flexibility index (Phi) is 2.96. The molecule has 1 aromatic carbocycles. The van der Waals surface area contributed by atoms with Crippen LogP contribution in [0.3, 0.4) is 0 Å². The normalized spacial score (nSPS) is 12.1. The molecule has 0 radical (unpaired) electrons. The van der Waals surface area contributed by atoms with Crippen molar-refractivity contribution in [3.05, 3.63) is 23.8 Å². The van der Waals surface area contributed by atoms with Gasteiger partial charge < -0.3 is 16.2 Å². The largest absolute Gasteiger partial charge is 0.480 e. The first kappa shape index (κ1) is 10.4. The second-order valence-electron chi connectivity index (χ2n) is 3.29. The molecule has 1 atom stereocenters. The van der Waals surface area contributed by atoms with Gasteiger partial charge in [-0.05, 0) is 31.5 Å².